The molecule has 1 aliphatic carbocycles. The second-order valence-corrected chi connectivity index (χ2v) is 9.77. The van der Waals surface area contributed by atoms with Crippen molar-refractivity contribution in [3.63, 3.8) is 0 Å². The summed E-state index contributed by atoms with van der Waals surface area (Å²) in [6.45, 7) is 3.11. The van der Waals surface area contributed by atoms with Crippen LogP contribution in [0.3, 0.4) is 0 Å². The highest BCUT2D eigenvalue weighted by Gasteiger charge is 2.39. The molecule has 10 heteroatoms. The number of amides is 1. The minimum Gasteiger partial charge on any atom is -0.370 e. The van der Waals surface area contributed by atoms with Gasteiger partial charge >= 0.3 is 0 Å². The molecule has 6 rings (SSSR count). The van der Waals surface area contributed by atoms with E-state index in [4.69, 9.17) is 14.6 Å². The number of nitrogens with zero attached hydrogens (tertiary/aromatic N) is 6. The molecule has 3 aromatic rings. The monoisotopic (exact) mass is 489 g/mol. The summed E-state index contributed by atoms with van der Waals surface area (Å²) in [6, 6.07) is 5.87. The average Bonchev–Trinajstić information content (AvgIpc) is 3.65. The van der Waals surface area contributed by atoms with Crippen LogP contribution >= 0.6 is 0 Å². The number of hydrogen-bond acceptors (Lipinski definition) is 8. The molecule has 188 valence electrons. The van der Waals surface area contributed by atoms with Crippen LogP contribution in [0, 0.1) is 0 Å². The van der Waals surface area contributed by atoms with E-state index in [0.717, 1.165) is 67.7 Å². The van der Waals surface area contributed by atoms with Crippen molar-refractivity contribution >= 4 is 34.5 Å². The highest BCUT2D eigenvalue weighted by molar-refractivity contribution is 6.00. The first-order valence-corrected chi connectivity index (χ1v) is 12.6. The average molecular weight is 490 g/mol. The maximum absolute atomic E-state index is 12.9. The van der Waals surface area contributed by atoms with Crippen molar-refractivity contribution in [1.29, 1.82) is 0 Å². The van der Waals surface area contributed by atoms with Gasteiger partial charge in [0.1, 0.15) is 5.82 Å². The van der Waals surface area contributed by atoms with Gasteiger partial charge < -0.3 is 24.6 Å². The van der Waals surface area contributed by atoms with Crippen LogP contribution in [0.5, 0.6) is 0 Å². The molecule has 2 fully saturated rings. The van der Waals surface area contributed by atoms with Crippen molar-refractivity contribution in [3.8, 4) is 0 Å². The Labute approximate surface area is 209 Å². The van der Waals surface area contributed by atoms with Gasteiger partial charge in [0, 0.05) is 40.0 Å². The molecule has 0 atom stereocenters. The number of anilines is 3. The number of ether oxygens (including phenoxy) is 2. The summed E-state index contributed by atoms with van der Waals surface area (Å²) in [5.74, 6) is 0.666. The number of carbonyl (C=O) groups is 1. The quantitative estimate of drug-likeness (QED) is 0.582. The lowest BCUT2D eigenvalue weighted by Crippen LogP contribution is -2.45. The fourth-order valence-corrected chi connectivity index (χ4v) is 5.28. The molecule has 0 bridgehead atoms. The Morgan fingerprint density at radius 2 is 1.92 bits per heavy atom. The molecule has 0 saturated carbocycles. The molecule has 36 heavy (non-hydrogen) atoms. The van der Waals surface area contributed by atoms with Gasteiger partial charge in [-0.15, -0.1) is 5.10 Å². The van der Waals surface area contributed by atoms with E-state index in [1.807, 2.05) is 22.8 Å². The molecule has 10 nitrogen and oxygen atoms in total. The highest BCUT2D eigenvalue weighted by atomic mass is 16.7. The lowest BCUT2D eigenvalue weighted by Gasteiger charge is -2.38. The van der Waals surface area contributed by atoms with E-state index in [-0.39, 0.29) is 11.7 Å². The Bertz CT molecular complexity index is 1300. The van der Waals surface area contributed by atoms with E-state index >= 15 is 0 Å². The lowest BCUT2D eigenvalue weighted by atomic mass is 10.0. The Hall–Kier alpha value is -3.50. The van der Waals surface area contributed by atoms with Gasteiger partial charge in [0.05, 0.1) is 48.1 Å². The number of fused-ring (bicyclic) bond motifs is 1. The van der Waals surface area contributed by atoms with Crippen molar-refractivity contribution < 1.29 is 14.3 Å². The van der Waals surface area contributed by atoms with Gasteiger partial charge in [0.15, 0.2) is 5.79 Å². The zero-order valence-electron chi connectivity index (χ0n) is 20.7. The molecule has 2 saturated heterocycles. The number of pyridine rings is 1. The van der Waals surface area contributed by atoms with Crippen LogP contribution < -0.4 is 10.2 Å². The van der Waals surface area contributed by atoms with Crippen molar-refractivity contribution in [3.05, 3.63) is 47.9 Å². The number of carbonyl (C=O) groups excluding carboxylic acids is 1. The van der Waals surface area contributed by atoms with Gasteiger partial charge in [-0.05, 0) is 43.0 Å². The van der Waals surface area contributed by atoms with Crippen LogP contribution in [-0.2, 0) is 9.47 Å². The third-order valence-corrected chi connectivity index (χ3v) is 7.19. The van der Waals surface area contributed by atoms with E-state index in [1.165, 1.54) is 0 Å². The van der Waals surface area contributed by atoms with E-state index in [1.54, 1.807) is 25.2 Å². The molecule has 3 aliphatic rings. The maximum Gasteiger partial charge on any atom is 0.255 e. The number of rotatable bonds is 5. The van der Waals surface area contributed by atoms with Crippen LogP contribution in [0.15, 0.2) is 36.7 Å². The molecule has 1 amide bonds. The summed E-state index contributed by atoms with van der Waals surface area (Å²) in [5, 5.41) is 7.95. The smallest absolute Gasteiger partial charge is 0.255 e. The predicted molar refractivity (Wildman–Crippen MR) is 136 cm³/mol. The molecule has 0 aromatic carbocycles. The largest absolute Gasteiger partial charge is 0.370 e. The summed E-state index contributed by atoms with van der Waals surface area (Å²) < 4.78 is 13.5. The fraction of sp³-hybridized carbons (Fsp3) is 0.462. The molecular formula is C26H31N7O3. The predicted octanol–water partition coefficient (Wildman–Crippen LogP) is 3.48. The molecule has 1 N–H and O–H groups in total. The molecule has 0 radical (unpaired) electrons. The van der Waals surface area contributed by atoms with E-state index in [2.05, 4.69) is 32.3 Å². The topological polar surface area (TPSA) is 97.1 Å². The van der Waals surface area contributed by atoms with Gasteiger partial charge in [-0.25, -0.2) is 14.5 Å². The van der Waals surface area contributed by atoms with Crippen LogP contribution in [0.25, 0.3) is 11.1 Å². The lowest BCUT2D eigenvalue weighted by molar-refractivity contribution is -0.169. The van der Waals surface area contributed by atoms with Crippen LogP contribution in [-0.4, -0.2) is 76.6 Å². The van der Waals surface area contributed by atoms with E-state index in [0.29, 0.717) is 30.5 Å². The SMILES string of the molecule is CN(C)C(=O)c1cc2cnc(Nc3ccc(N4CCC5(CC4)OCCO5)cn3)nn2c1C1=CCCC1. The van der Waals surface area contributed by atoms with Crippen LogP contribution in [0.2, 0.25) is 0 Å². The van der Waals surface area contributed by atoms with Crippen LogP contribution in [0.1, 0.15) is 48.2 Å². The number of allylic oxidation sites excluding steroid dienone is 2. The molecule has 0 unspecified atom stereocenters. The fourth-order valence-electron chi connectivity index (χ4n) is 5.28. The van der Waals surface area contributed by atoms with Gasteiger partial charge in [-0.1, -0.05) is 6.08 Å². The minimum absolute atomic E-state index is 0.0373. The summed E-state index contributed by atoms with van der Waals surface area (Å²) in [4.78, 5) is 25.9. The first-order chi connectivity index (χ1) is 17.5. The number of piperidine rings is 1. The second-order valence-electron chi connectivity index (χ2n) is 9.77. The minimum atomic E-state index is -0.385. The van der Waals surface area contributed by atoms with Crippen molar-refractivity contribution in [1.82, 2.24) is 24.5 Å². The summed E-state index contributed by atoms with van der Waals surface area (Å²) in [7, 11) is 3.54. The summed E-state index contributed by atoms with van der Waals surface area (Å²) >= 11 is 0. The maximum atomic E-state index is 12.9. The molecule has 5 heterocycles. The third kappa shape index (κ3) is 4.20. The van der Waals surface area contributed by atoms with Gasteiger partial charge in [0.2, 0.25) is 5.95 Å². The van der Waals surface area contributed by atoms with Gasteiger partial charge in [-0.2, -0.15) is 0 Å². The molecule has 2 aliphatic heterocycles. The van der Waals surface area contributed by atoms with E-state index in [9.17, 15) is 4.79 Å². The van der Waals surface area contributed by atoms with Crippen LogP contribution in [0.4, 0.5) is 17.5 Å². The van der Waals surface area contributed by atoms with Crippen molar-refractivity contribution in [2.24, 2.45) is 0 Å². The first kappa shape index (κ1) is 22.9. The molecular weight excluding hydrogens is 458 g/mol. The van der Waals surface area contributed by atoms with Gasteiger partial charge in [0.25, 0.3) is 5.91 Å². The Morgan fingerprint density at radius 1 is 1.11 bits per heavy atom. The number of nitrogens with one attached hydrogen (secondary N) is 1. The molecule has 3 aromatic heterocycles. The van der Waals surface area contributed by atoms with Crippen molar-refractivity contribution in [2.45, 2.75) is 37.9 Å². The summed E-state index contributed by atoms with van der Waals surface area (Å²) in [5.41, 5.74) is 4.52. The summed E-state index contributed by atoms with van der Waals surface area (Å²) in [6.07, 6.45) is 10.6. The number of aromatic nitrogens is 4. The standard InChI is InChI=1S/C26H31N7O3/c1-31(2)24(34)21-15-20-17-28-25(30-33(20)23(21)18-5-3-4-6-18)29-22-8-7-19(16-27-22)32-11-9-26(10-12-32)35-13-14-36-26/h5,7-8,15-17H,3-4,6,9-14H2,1-2H3,(H,27,29,30). The normalized spacial score (nSPS) is 19.2. The Balaban J connectivity index is 1.22. The second kappa shape index (κ2) is 9.18. The first-order valence-electron chi connectivity index (χ1n) is 12.6. The van der Waals surface area contributed by atoms with Gasteiger partial charge in [-0.3, -0.25) is 4.79 Å². The number of hydrogen-bond donors (Lipinski definition) is 1. The van der Waals surface area contributed by atoms with Crippen molar-refractivity contribution in [2.75, 3.05) is 50.6 Å². The zero-order chi connectivity index (χ0) is 24.7. The third-order valence-electron chi connectivity index (χ3n) is 7.19. The zero-order valence-corrected chi connectivity index (χ0v) is 20.7. The Morgan fingerprint density at radius 3 is 2.58 bits per heavy atom. The highest BCUT2D eigenvalue weighted by Crippen LogP contribution is 2.34. The molecule has 1 spiro atoms. The van der Waals surface area contributed by atoms with E-state index < -0.39 is 0 Å². The Kier molecular flexibility index (Phi) is 5.85.